The molecule has 3 rings (SSSR count). The average Bonchev–Trinajstić information content (AvgIpc) is 2.96. The van der Waals surface area contributed by atoms with Gasteiger partial charge in [0.05, 0.1) is 18.3 Å². The number of hydrogen-bond acceptors (Lipinski definition) is 3. The van der Waals surface area contributed by atoms with E-state index < -0.39 is 0 Å². The maximum atomic E-state index is 11.9. The van der Waals surface area contributed by atoms with E-state index in [-0.39, 0.29) is 5.76 Å². The number of aryl methyl sites for hydroxylation is 1. The van der Waals surface area contributed by atoms with Crippen molar-refractivity contribution in [1.29, 1.82) is 0 Å². The quantitative estimate of drug-likeness (QED) is 0.667. The van der Waals surface area contributed by atoms with Crippen LogP contribution in [0, 0.1) is 3.57 Å². The van der Waals surface area contributed by atoms with E-state index in [1.807, 2.05) is 36.0 Å². The largest absolute Gasteiger partial charge is 0.420 e. The van der Waals surface area contributed by atoms with Crippen molar-refractivity contribution in [3.8, 4) is 0 Å². The van der Waals surface area contributed by atoms with Crippen LogP contribution >= 0.6 is 22.6 Å². The Morgan fingerprint density at radius 2 is 2.26 bits per heavy atom. The number of halogens is 1. The number of benzene rings is 1. The second kappa shape index (κ2) is 4.84. The minimum atomic E-state index is -0.332. The molecule has 3 aromatic rings. The van der Waals surface area contributed by atoms with Crippen LogP contribution in [-0.2, 0) is 13.1 Å². The number of hydrogen-bond donors (Lipinski definition) is 0. The molecule has 2 heterocycles. The summed E-state index contributed by atoms with van der Waals surface area (Å²) >= 11 is 2.22. The lowest BCUT2D eigenvalue weighted by atomic mass is 10.3. The first-order valence-electron chi connectivity index (χ1n) is 5.97. The minimum Gasteiger partial charge on any atom is -0.408 e. The fourth-order valence-corrected chi connectivity index (χ4v) is 2.50. The fourth-order valence-electron chi connectivity index (χ4n) is 2.03. The number of nitrogens with zero attached hydrogens (tertiary/aromatic N) is 3. The molecule has 0 spiro atoms. The van der Waals surface area contributed by atoms with Crippen molar-refractivity contribution in [2.75, 3.05) is 0 Å². The third-order valence-electron chi connectivity index (χ3n) is 2.98. The summed E-state index contributed by atoms with van der Waals surface area (Å²) in [5.74, 6) is -0.332. The van der Waals surface area contributed by atoms with E-state index >= 15 is 0 Å². The highest BCUT2D eigenvalue weighted by molar-refractivity contribution is 14.1. The van der Waals surface area contributed by atoms with Gasteiger partial charge in [-0.3, -0.25) is 9.25 Å². The van der Waals surface area contributed by atoms with Crippen molar-refractivity contribution in [2.45, 2.75) is 20.0 Å². The first kappa shape index (κ1) is 12.5. The molecule has 0 aliphatic rings. The highest BCUT2D eigenvalue weighted by atomic mass is 127. The van der Waals surface area contributed by atoms with Crippen molar-refractivity contribution >= 4 is 33.7 Å². The Morgan fingerprint density at radius 3 is 3.00 bits per heavy atom. The van der Waals surface area contributed by atoms with Crippen molar-refractivity contribution in [3.05, 3.63) is 50.3 Å². The Bertz CT molecular complexity index is 785. The second-order valence-electron chi connectivity index (χ2n) is 4.27. The first-order chi connectivity index (χ1) is 9.17. The van der Waals surface area contributed by atoms with Crippen LogP contribution in [0.15, 0.2) is 39.8 Å². The normalized spacial score (nSPS) is 11.3. The van der Waals surface area contributed by atoms with Crippen LogP contribution in [0.25, 0.3) is 11.1 Å². The molecule has 0 unspecified atom stereocenters. The minimum absolute atomic E-state index is 0.332. The maximum Gasteiger partial charge on any atom is 0.420 e. The lowest BCUT2D eigenvalue weighted by Gasteiger charge is -1.99. The van der Waals surface area contributed by atoms with Crippen LogP contribution < -0.4 is 5.76 Å². The van der Waals surface area contributed by atoms with Crippen LogP contribution in [0.1, 0.15) is 12.5 Å². The molecule has 5 nitrogen and oxygen atoms in total. The maximum absolute atomic E-state index is 11.9. The summed E-state index contributed by atoms with van der Waals surface area (Å²) in [6.45, 7) is 3.32. The average molecular weight is 369 g/mol. The molecule has 0 saturated carbocycles. The Hall–Kier alpha value is -1.57. The van der Waals surface area contributed by atoms with E-state index in [9.17, 15) is 4.79 Å². The van der Waals surface area contributed by atoms with E-state index in [2.05, 4.69) is 27.7 Å². The van der Waals surface area contributed by atoms with Gasteiger partial charge in [0, 0.05) is 21.9 Å². The molecule has 0 saturated heterocycles. The van der Waals surface area contributed by atoms with Crippen LogP contribution in [0.2, 0.25) is 0 Å². The molecule has 19 heavy (non-hydrogen) atoms. The Kier molecular flexibility index (Phi) is 3.17. The molecule has 1 aromatic carbocycles. The van der Waals surface area contributed by atoms with Gasteiger partial charge < -0.3 is 4.42 Å². The number of rotatable bonds is 3. The summed E-state index contributed by atoms with van der Waals surface area (Å²) in [5, 5.41) is 4.21. The van der Waals surface area contributed by atoms with Gasteiger partial charge in [0.1, 0.15) is 0 Å². The zero-order valence-corrected chi connectivity index (χ0v) is 12.5. The standard InChI is InChI=1S/C13H12IN3O2/c1-2-16-7-9(6-15-16)8-17-11-5-10(14)3-4-12(11)19-13(17)18/h3-7H,2,8H2,1H3. The van der Waals surface area contributed by atoms with Crippen LogP contribution in [0.4, 0.5) is 0 Å². The van der Waals surface area contributed by atoms with E-state index in [1.54, 1.807) is 10.8 Å². The lowest BCUT2D eigenvalue weighted by Crippen LogP contribution is -2.14. The van der Waals surface area contributed by atoms with Gasteiger partial charge in [0.2, 0.25) is 0 Å². The van der Waals surface area contributed by atoms with Gasteiger partial charge >= 0.3 is 5.76 Å². The molecule has 0 radical (unpaired) electrons. The summed E-state index contributed by atoms with van der Waals surface area (Å²) in [7, 11) is 0. The van der Waals surface area contributed by atoms with Crippen molar-refractivity contribution in [1.82, 2.24) is 14.3 Å². The highest BCUT2D eigenvalue weighted by Crippen LogP contribution is 2.17. The zero-order valence-electron chi connectivity index (χ0n) is 10.3. The van der Waals surface area contributed by atoms with Gasteiger partial charge in [-0.05, 0) is 47.7 Å². The predicted octanol–water partition coefficient (Wildman–Crippen LogP) is 2.46. The molecule has 2 aromatic heterocycles. The molecular formula is C13H12IN3O2. The fraction of sp³-hybridized carbons (Fsp3) is 0.231. The van der Waals surface area contributed by atoms with Crippen molar-refractivity contribution in [3.63, 3.8) is 0 Å². The highest BCUT2D eigenvalue weighted by Gasteiger charge is 2.10. The number of oxazole rings is 1. The van der Waals surface area contributed by atoms with Gasteiger partial charge in [-0.2, -0.15) is 5.10 Å². The second-order valence-corrected chi connectivity index (χ2v) is 5.52. The van der Waals surface area contributed by atoms with E-state index in [0.717, 1.165) is 21.2 Å². The van der Waals surface area contributed by atoms with Gasteiger partial charge in [-0.1, -0.05) is 0 Å². The summed E-state index contributed by atoms with van der Waals surface area (Å²) in [6, 6.07) is 5.70. The monoisotopic (exact) mass is 369 g/mol. The summed E-state index contributed by atoms with van der Waals surface area (Å²) < 4.78 is 9.78. The third kappa shape index (κ3) is 2.32. The van der Waals surface area contributed by atoms with E-state index in [4.69, 9.17) is 4.42 Å². The Morgan fingerprint density at radius 1 is 1.42 bits per heavy atom. The summed E-state index contributed by atoms with van der Waals surface area (Å²) in [5.41, 5.74) is 2.43. The summed E-state index contributed by atoms with van der Waals surface area (Å²) in [6.07, 6.45) is 3.72. The van der Waals surface area contributed by atoms with Gasteiger partial charge in [-0.15, -0.1) is 0 Å². The van der Waals surface area contributed by atoms with Gasteiger partial charge in [0.15, 0.2) is 5.58 Å². The third-order valence-corrected chi connectivity index (χ3v) is 3.65. The predicted molar refractivity (Wildman–Crippen MR) is 80.2 cm³/mol. The topological polar surface area (TPSA) is 53.0 Å². The molecular weight excluding hydrogens is 357 g/mol. The van der Waals surface area contributed by atoms with Crippen molar-refractivity contribution in [2.24, 2.45) is 0 Å². The zero-order chi connectivity index (χ0) is 13.4. The number of fused-ring (bicyclic) bond motifs is 1. The van der Waals surface area contributed by atoms with Crippen LogP contribution in [-0.4, -0.2) is 14.3 Å². The molecule has 0 N–H and O–H groups in total. The molecule has 98 valence electrons. The molecule has 0 aliphatic carbocycles. The van der Waals surface area contributed by atoms with E-state index in [1.165, 1.54) is 0 Å². The molecule has 0 aliphatic heterocycles. The molecule has 0 fully saturated rings. The Balaban J connectivity index is 2.06. The smallest absolute Gasteiger partial charge is 0.408 e. The van der Waals surface area contributed by atoms with E-state index in [0.29, 0.717) is 12.1 Å². The van der Waals surface area contributed by atoms with Gasteiger partial charge in [0.25, 0.3) is 0 Å². The lowest BCUT2D eigenvalue weighted by molar-refractivity contribution is 0.517. The van der Waals surface area contributed by atoms with Crippen LogP contribution in [0.5, 0.6) is 0 Å². The molecule has 6 heteroatoms. The Labute approximate surface area is 123 Å². The van der Waals surface area contributed by atoms with Crippen LogP contribution in [0.3, 0.4) is 0 Å². The first-order valence-corrected chi connectivity index (χ1v) is 7.05. The molecule has 0 amide bonds. The van der Waals surface area contributed by atoms with Gasteiger partial charge in [-0.25, -0.2) is 4.79 Å². The molecule has 0 atom stereocenters. The summed E-state index contributed by atoms with van der Waals surface area (Å²) in [4.78, 5) is 11.9. The van der Waals surface area contributed by atoms with Crippen molar-refractivity contribution < 1.29 is 4.42 Å². The number of aromatic nitrogens is 3. The SMILES string of the molecule is CCn1cc(Cn2c(=O)oc3ccc(I)cc32)cn1. The molecule has 0 bridgehead atoms.